The molecule has 0 amide bonds. The Balaban J connectivity index is 2.77. The second-order valence-corrected chi connectivity index (χ2v) is 2.76. The van der Waals surface area contributed by atoms with Gasteiger partial charge >= 0.3 is 5.97 Å². The van der Waals surface area contributed by atoms with Crippen molar-refractivity contribution in [3.63, 3.8) is 0 Å². The zero-order chi connectivity index (χ0) is 9.14. The van der Waals surface area contributed by atoms with Crippen molar-refractivity contribution < 1.29 is 13.9 Å². The summed E-state index contributed by atoms with van der Waals surface area (Å²) in [6.07, 6.45) is 0. The molecule has 1 aromatic rings. The van der Waals surface area contributed by atoms with E-state index in [4.69, 9.17) is 16.0 Å². The Morgan fingerprint density at radius 2 is 2.33 bits per heavy atom. The van der Waals surface area contributed by atoms with Crippen LogP contribution in [0.1, 0.15) is 18.6 Å². The third-order valence-electron chi connectivity index (χ3n) is 1.58. The monoisotopic (exact) mass is 188 g/mol. The van der Waals surface area contributed by atoms with Crippen molar-refractivity contribution in [3.05, 3.63) is 23.1 Å². The van der Waals surface area contributed by atoms with Gasteiger partial charge in [0.2, 0.25) is 0 Å². The van der Waals surface area contributed by atoms with Gasteiger partial charge in [0.1, 0.15) is 11.7 Å². The number of furan rings is 1. The standard InChI is InChI=1S/C8H9ClO3/c1-5(8(10)11-2)6-3-4-7(9)12-6/h3-5H,1-2H3. The van der Waals surface area contributed by atoms with E-state index in [0.717, 1.165) is 0 Å². The van der Waals surface area contributed by atoms with E-state index in [1.165, 1.54) is 7.11 Å². The van der Waals surface area contributed by atoms with E-state index in [1.807, 2.05) is 0 Å². The zero-order valence-corrected chi connectivity index (χ0v) is 7.59. The van der Waals surface area contributed by atoms with E-state index in [2.05, 4.69) is 4.74 Å². The molecule has 0 saturated carbocycles. The smallest absolute Gasteiger partial charge is 0.316 e. The number of methoxy groups -OCH3 is 1. The third kappa shape index (κ3) is 1.80. The number of rotatable bonds is 2. The Bertz CT molecular complexity index is 280. The Morgan fingerprint density at radius 3 is 2.75 bits per heavy atom. The highest BCUT2D eigenvalue weighted by molar-refractivity contribution is 6.28. The lowest BCUT2D eigenvalue weighted by Gasteiger charge is -2.04. The van der Waals surface area contributed by atoms with E-state index >= 15 is 0 Å². The topological polar surface area (TPSA) is 39.4 Å². The minimum Gasteiger partial charge on any atom is -0.468 e. The van der Waals surface area contributed by atoms with Crippen molar-refractivity contribution in [1.29, 1.82) is 0 Å². The number of esters is 1. The first-order valence-electron chi connectivity index (χ1n) is 3.48. The molecule has 0 aromatic carbocycles. The van der Waals surface area contributed by atoms with Crippen LogP contribution in [0.5, 0.6) is 0 Å². The van der Waals surface area contributed by atoms with Crippen LogP contribution in [0.4, 0.5) is 0 Å². The summed E-state index contributed by atoms with van der Waals surface area (Å²) in [6.45, 7) is 1.70. The van der Waals surface area contributed by atoms with Crippen LogP contribution in [-0.4, -0.2) is 13.1 Å². The Kier molecular flexibility index (Phi) is 2.76. The largest absolute Gasteiger partial charge is 0.468 e. The minimum atomic E-state index is -0.400. The zero-order valence-electron chi connectivity index (χ0n) is 6.83. The fraction of sp³-hybridized carbons (Fsp3) is 0.375. The van der Waals surface area contributed by atoms with E-state index in [1.54, 1.807) is 19.1 Å². The lowest BCUT2D eigenvalue weighted by Crippen LogP contribution is -2.09. The maximum atomic E-state index is 11.0. The van der Waals surface area contributed by atoms with E-state index < -0.39 is 5.92 Å². The molecule has 0 aliphatic heterocycles. The molecule has 66 valence electrons. The van der Waals surface area contributed by atoms with E-state index in [-0.39, 0.29) is 11.2 Å². The lowest BCUT2D eigenvalue weighted by molar-refractivity contribution is -0.142. The lowest BCUT2D eigenvalue weighted by atomic mass is 10.1. The molecule has 3 nitrogen and oxygen atoms in total. The fourth-order valence-corrected chi connectivity index (χ4v) is 1.01. The van der Waals surface area contributed by atoms with Gasteiger partial charge in [0.15, 0.2) is 5.22 Å². The molecule has 4 heteroatoms. The molecule has 0 spiro atoms. The quantitative estimate of drug-likeness (QED) is 0.668. The van der Waals surface area contributed by atoms with Crippen LogP contribution < -0.4 is 0 Å². The minimum absolute atomic E-state index is 0.278. The molecule has 0 radical (unpaired) electrons. The van der Waals surface area contributed by atoms with Gasteiger partial charge in [0.05, 0.1) is 7.11 Å². The molecule has 1 unspecified atom stereocenters. The molecule has 1 rings (SSSR count). The molecular formula is C8H9ClO3. The van der Waals surface area contributed by atoms with E-state index in [9.17, 15) is 4.79 Å². The molecule has 1 atom stereocenters. The van der Waals surface area contributed by atoms with Gasteiger partial charge in [-0.05, 0) is 30.7 Å². The van der Waals surface area contributed by atoms with Crippen LogP contribution in [0.2, 0.25) is 5.22 Å². The summed E-state index contributed by atoms with van der Waals surface area (Å²) >= 11 is 5.53. The van der Waals surface area contributed by atoms with Gasteiger partial charge in [0, 0.05) is 0 Å². The van der Waals surface area contributed by atoms with E-state index in [0.29, 0.717) is 5.76 Å². The molecule has 0 fully saturated rings. The van der Waals surface area contributed by atoms with Crippen molar-refractivity contribution in [2.45, 2.75) is 12.8 Å². The summed E-state index contributed by atoms with van der Waals surface area (Å²) in [5.41, 5.74) is 0. The van der Waals surface area contributed by atoms with Crippen molar-refractivity contribution in [3.8, 4) is 0 Å². The predicted octanol–water partition coefficient (Wildman–Crippen LogP) is 2.21. The van der Waals surface area contributed by atoms with Gasteiger partial charge in [-0.3, -0.25) is 4.79 Å². The molecule has 0 N–H and O–H groups in total. The van der Waals surface area contributed by atoms with Crippen molar-refractivity contribution in [1.82, 2.24) is 0 Å². The average Bonchev–Trinajstić information content (AvgIpc) is 2.49. The third-order valence-corrected chi connectivity index (χ3v) is 1.78. The SMILES string of the molecule is COC(=O)C(C)c1ccc(Cl)o1. The second kappa shape index (κ2) is 3.63. The maximum absolute atomic E-state index is 11.0. The number of hydrogen-bond acceptors (Lipinski definition) is 3. The van der Waals surface area contributed by atoms with Crippen LogP contribution >= 0.6 is 11.6 Å². The highest BCUT2D eigenvalue weighted by atomic mass is 35.5. The number of hydrogen-bond donors (Lipinski definition) is 0. The summed E-state index contributed by atoms with van der Waals surface area (Å²) in [5.74, 6) is -0.213. The summed E-state index contributed by atoms with van der Waals surface area (Å²) < 4.78 is 9.57. The molecule has 0 bridgehead atoms. The fourth-order valence-electron chi connectivity index (χ4n) is 0.854. The van der Waals surface area contributed by atoms with Crippen LogP contribution in [0.3, 0.4) is 0 Å². The van der Waals surface area contributed by atoms with Crippen LogP contribution in [0.15, 0.2) is 16.5 Å². The highest BCUT2D eigenvalue weighted by Crippen LogP contribution is 2.21. The number of carbonyl (C=O) groups is 1. The van der Waals surface area contributed by atoms with Crippen LogP contribution in [-0.2, 0) is 9.53 Å². The Hall–Kier alpha value is -0.960. The van der Waals surface area contributed by atoms with Gasteiger partial charge in [-0.15, -0.1) is 0 Å². The first-order chi connectivity index (χ1) is 5.65. The molecule has 12 heavy (non-hydrogen) atoms. The van der Waals surface area contributed by atoms with Gasteiger partial charge in [0.25, 0.3) is 0 Å². The molecule has 0 saturated heterocycles. The maximum Gasteiger partial charge on any atom is 0.316 e. The Morgan fingerprint density at radius 1 is 1.67 bits per heavy atom. The van der Waals surface area contributed by atoms with Gasteiger partial charge in [-0.1, -0.05) is 0 Å². The number of ether oxygens (including phenoxy) is 1. The summed E-state index contributed by atoms with van der Waals surface area (Å²) in [5, 5.41) is 0.278. The summed E-state index contributed by atoms with van der Waals surface area (Å²) in [6, 6.07) is 3.25. The van der Waals surface area contributed by atoms with Crippen molar-refractivity contribution in [2.24, 2.45) is 0 Å². The normalized spacial score (nSPS) is 12.6. The highest BCUT2D eigenvalue weighted by Gasteiger charge is 2.18. The summed E-state index contributed by atoms with van der Waals surface area (Å²) in [7, 11) is 1.34. The molecule has 0 aliphatic rings. The van der Waals surface area contributed by atoms with Crippen molar-refractivity contribution >= 4 is 17.6 Å². The van der Waals surface area contributed by atoms with Crippen LogP contribution in [0.25, 0.3) is 0 Å². The Labute approximate surface area is 75.3 Å². The van der Waals surface area contributed by atoms with Gasteiger partial charge < -0.3 is 9.15 Å². The van der Waals surface area contributed by atoms with Gasteiger partial charge in [-0.25, -0.2) is 0 Å². The second-order valence-electron chi connectivity index (χ2n) is 2.39. The first-order valence-corrected chi connectivity index (χ1v) is 3.86. The summed E-state index contributed by atoms with van der Waals surface area (Å²) in [4.78, 5) is 11.0. The predicted molar refractivity (Wildman–Crippen MR) is 44.1 cm³/mol. The van der Waals surface area contributed by atoms with Crippen molar-refractivity contribution in [2.75, 3.05) is 7.11 Å². The number of halogens is 1. The van der Waals surface area contributed by atoms with Gasteiger partial charge in [-0.2, -0.15) is 0 Å². The number of carbonyl (C=O) groups excluding carboxylic acids is 1. The molecular weight excluding hydrogens is 180 g/mol. The molecule has 1 aromatic heterocycles. The first kappa shape index (κ1) is 9.13. The molecule has 1 heterocycles. The average molecular weight is 189 g/mol. The molecule has 0 aliphatic carbocycles. The van der Waals surface area contributed by atoms with Crippen LogP contribution in [0, 0.1) is 0 Å².